The summed E-state index contributed by atoms with van der Waals surface area (Å²) < 4.78 is 87.3. The van der Waals surface area contributed by atoms with Crippen LogP contribution in [0.3, 0.4) is 0 Å². The molecule has 0 saturated carbocycles. The van der Waals surface area contributed by atoms with Crippen molar-refractivity contribution in [1.82, 2.24) is 58.7 Å². The van der Waals surface area contributed by atoms with E-state index in [9.17, 15) is 45.9 Å². The fraction of sp³-hybridized carbons (Fsp3) is 0.253. The van der Waals surface area contributed by atoms with Crippen LogP contribution < -0.4 is 24.5 Å². The van der Waals surface area contributed by atoms with Crippen LogP contribution in [0.4, 0.5) is 50.4 Å². The van der Waals surface area contributed by atoms with Crippen molar-refractivity contribution in [1.29, 1.82) is 0 Å². The van der Waals surface area contributed by atoms with Gasteiger partial charge in [-0.25, -0.2) is 36.0 Å². The lowest BCUT2D eigenvalue weighted by Crippen LogP contribution is -2.38. The first kappa shape index (κ1) is 93.8. The molecule has 1 saturated heterocycles. The van der Waals surface area contributed by atoms with Gasteiger partial charge in [0.25, 0.3) is 29.5 Å². The molecular weight excluding hydrogens is 1890 g/mol. The molecule has 20 rings (SSSR count). The molecule has 0 bridgehead atoms. The minimum Gasteiger partial charge on any atom is -0.381 e. The van der Waals surface area contributed by atoms with Gasteiger partial charge in [0, 0.05) is 104 Å². The number of carbonyl (C=O) groups is 5. The average Bonchev–Trinajstić information content (AvgIpc) is 1.70. The summed E-state index contributed by atoms with van der Waals surface area (Å²) in [5.74, 6) is -4.46. The molecule has 23 nitrogen and oxygen atoms in total. The fourth-order valence-electron chi connectivity index (χ4n) is 16.6. The van der Waals surface area contributed by atoms with E-state index >= 15 is 0 Å². The third-order valence-electron chi connectivity index (χ3n) is 23.4. The fourth-order valence-corrected chi connectivity index (χ4v) is 18.6. The molecule has 6 aliphatic rings. The van der Waals surface area contributed by atoms with Crippen LogP contribution in [0.1, 0.15) is 132 Å². The molecule has 8 aromatic carbocycles. The van der Waals surface area contributed by atoms with Crippen LogP contribution in [-0.4, -0.2) is 134 Å². The Morgan fingerprint density at radius 1 is 0.356 bits per heavy atom. The maximum Gasteiger partial charge on any atom is 0.279 e. The first-order chi connectivity index (χ1) is 63.5. The van der Waals surface area contributed by atoms with Crippen LogP contribution in [0.2, 0.25) is 45.7 Å². The second-order valence-corrected chi connectivity index (χ2v) is 35.6. The molecule has 14 aromatic rings. The molecule has 0 N–H and O–H groups in total. The predicted molar refractivity (Wildman–Crippen MR) is 502 cm³/mol. The van der Waals surface area contributed by atoms with Gasteiger partial charge in [0.1, 0.15) is 20.6 Å². The van der Waals surface area contributed by atoms with Crippen LogP contribution in [-0.2, 0) is 76.6 Å². The first-order valence-corrected chi connectivity index (χ1v) is 45.5. The van der Waals surface area contributed by atoms with Crippen LogP contribution in [0.5, 0.6) is 0 Å². The maximum absolute atomic E-state index is 14.4. The number of fused-ring (bicyclic) bond motifs is 5. The molecule has 0 aliphatic carbocycles. The Morgan fingerprint density at radius 2 is 0.682 bits per heavy atom. The monoisotopic (exact) mass is 1970 g/mol. The zero-order valence-electron chi connectivity index (χ0n) is 71.2. The Labute approximate surface area is 800 Å². The summed E-state index contributed by atoms with van der Waals surface area (Å²) in [6.07, 6.45) is 8.27. The minimum atomic E-state index is -0.619. The van der Waals surface area contributed by atoms with E-state index in [1.807, 2.05) is 118 Å². The second-order valence-electron chi connectivity index (χ2n) is 32.2. The Kier molecular flexibility index (Phi) is 28.8. The van der Waals surface area contributed by atoms with Gasteiger partial charge < -0.3 is 29.2 Å². The number of aryl methyl sites for hydroxylation is 3. The molecule has 0 spiro atoms. The molecule has 1 unspecified atom stereocenters. The van der Waals surface area contributed by atoms with Crippen molar-refractivity contribution < 1.29 is 50.7 Å². The van der Waals surface area contributed by atoms with Gasteiger partial charge in [0.15, 0.2) is 57.6 Å². The normalized spacial score (nSPS) is 15.1. The highest BCUT2D eigenvalue weighted by Gasteiger charge is 2.40. The number of hydrogen-bond donors (Lipinski definition) is 0. The summed E-state index contributed by atoms with van der Waals surface area (Å²) >= 11 is 55.1. The number of amides is 5. The van der Waals surface area contributed by atoms with Gasteiger partial charge >= 0.3 is 0 Å². The lowest BCUT2D eigenvalue weighted by atomic mass is 10.0. The summed E-state index contributed by atoms with van der Waals surface area (Å²) in [7, 11) is 1.82. The average molecular weight is 1970 g/mol. The second kappa shape index (κ2) is 40.6. The van der Waals surface area contributed by atoms with Gasteiger partial charge in [-0.15, -0.1) is 0 Å². The Bertz CT molecular complexity index is 6780. The number of rotatable bonds is 15. The number of carbonyl (C=O) groups excluding carboxylic acids is 5. The molecular formula is C95H81Cl9F5N17O6. The predicted octanol–water partition coefficient (Wildman–Crippen LogP) is 21.3. The van der Waals surface area contributed by atoms with E-state index in [2.05, 4.69) is 30.6 Å². The van der Waals surface area contributed by atoms with Gasteiger partial charge in [-0.1, -0.05) is 225 Å². The molecule has 37 heteroatoms. The Hall–Kier alpha value is -11.4. The van der Waals surface area contributed by atoms with E-state index in [1.165, 1.54) is 78.6 Å². The van der Waals surface area contributed by atoms with E-state index in [0.717, 1.165) is 64.1 Å². The zero-order valence-corrected chi connectivity index (χ0v) is 78.0. The summed E-state index contributed by atoms with van der Waals surface area (Å²) in [6, 6.07) is 49.1. The minimum absolute atomic E-state index is 0.00637. The zero-order chi connectivity index (χ0) is 93.2. The van der Waals surface area contributed by atoms with E-state index < -0.39 is 29.1 Å². The van der Waals surface area contributed by atoms with Crippen LogP contribution in [0.25, 0.3) is 0 Å². The maximum atomic E-state index is 14.4. The molecule has 12 heterocycles. The number of hydrogen-bond acceptors (Lipinski definition) is 12. The van der Waals surface area contributed by atoms with Gasteiger partial charge in [0.05, 0.1) is 92.5 Å². The molecule has 1 atom stereocenters. The molecule has 6 aromatic heterocycles. The van der Waals surface area contributed by atoms with Gasteiger partial charge in [-0.3, -0.25) is 38.0 Å². The van der Waals surface area contributed by atoms with Crippen LogP contribution >= 0.6 is 104 Å². The smallest absolute Gasteiger partial charge is 0.279 e. The summed E-state index contributed by atoms with van der Waals surface area (Å²) in [5, 5.41) is 28.0. The highest BCUT2D eigenvalue weighted by Crippen LogP contribution is 2.40. The van der Waals surface area contributed by atoms with Crippen molar-refractivity contribution in [3.05, 3.63) is 352 Å². The highest BCUT2D eigenvalue weighted by molar-refractivity contribution is 6.35. The van der Waals surface area contributed by atoms with Gasteiger partial charge in [0.2, 0.25) is 0 Å². The molecule has 680 valence electrons. The summed E-state index contributed by atoms with van der Waals surface area (Å²) in [4.78, 5) is 71.4. The first-order valence-electron chi connectivity index (χ1n) is 42.0. The largest absolute Gasteiger partial charge is 0.381 e. The van der Waals surface area contributed by atoms with E-state index in [-0.39, 0.29) is 106 Å². The van der Waals surface area contributed by atoms with Crippen LogP contribution in [0, 0.1) is 55.8 Å². The van der Waals surface area contributed by atoms with Crippen molar-refractivity contribution in [3.8, 4) is 0 Å². The molecule has 6 aliphatic heterocycles. The van der Waals surface area contributed by atoms with Gasteiger partial charge in [-0.2, -0.15) is 30.6 Å². The van der Waals surface area contributed by atoms with Crippen LogP contribution in [0.15, 0.2) is 182 Å². The van der Waals surface area contributed by atoms with Crippen molar-refractivity contribution in [2.24, 2.45) is 13.0 Å². The third kappa shape index (κ3) is 19.7. The standard InChI is InChI=1S/2C20H16Cl2FN3O.C20H17ClFN3O.C18H18Cl2FN3O2.C17H14Cl2FN5O/c1-12-4-2-5-13(10-12)11-26-19(22)14-8-9-25(20(27)18(14)24-26)16-7-3-6-15(21)17(16)23;1-12-5-7-13(8-6-12)11-26-19(22)14-9-10-25(20(27)18(14)24-26)16-4-2-3-15(21)17(16)23;1-13-15-10-11-24(17-9-5-8-16(21)18(17)22)20(26)19(15)23-25(13)12-14-6-3-2-4-7-14;19-13-4-1-5-14(15(13)21)23-7-6-12-16(18(23)25)22-24(17(12)20)9-11-3-2-8-26-10-11;1-23-8-10(7-21-23)9-25-16(19)11-5-6-24(17(26)15(11)22-25)13-4-2-3-12(18)14(13)20/h2-7,10H,8-9,11H2,1H3;2-8H,9-11H2,1H3;2-9H,10-12H2,1H3;1,4-5,11H,2-3,6-10H2;2-4,7-8H,5-6,9H2,1H3. The lowest BCUT2D eigenvalue weighted by Gasteiger charge is -2.26. The van der Waals surface area contributed by atoms with Crippen molar-refractivity contribution >= 4 is 162 Å². The van der Waals surface area contributed by atoms with Gasteiger partial charge in [-0.05, 0) is 143 Å². The quantitative estimate of drug-likeness (QED) is 0.0876. The lowest BCUT2D eigenvalue weighted by molar-refractivity contribution is 0.0470. The van der Waals surface area contributed by atoms with Crippen molar-refractivity contribution in [2.75, 3.05) is 70.4 Å². The molecule has 1 fully saturated rings. The summed E-state index contributed by atoms with van der Waals surface area (Å²) in [6.45, 7) is 11.7. The number of anilines is 5. The molecule has 0 radical (unpaired) electrons. The topological polar surface area (TPSA) is 218 Å². The van der Waals surface area contributed by atoms with E-state index in [0.29, 0.717) is 153 Å². The number of benzene rings is 8. The Balaban J connectivity index is 0.000000120. The molecule has 132 heavy (non-hydrogen) atoms. The van der Waals surface area contributed by atoms with E-state index in [1.54, 1.807) is 72.1 Å². The summed E-state index contributed by atoms with van der Waals surface area (Å²) in [5.41, 5.74) is 13.4. The number of aromatic nitrogens is 12. The number of nitrogens with zero attached hydrogens (tertiary/aromatic N) is 17. The molecule has 5 amide bonds. The highest BCUT2D eigenvalue weighted by atomic mass is 35.5. The third-order valence-corrected chi connectivity index (χ3v) is 26.5. The Morgan fingerprint density at radius 3 is 1.05 bits per heavy atom. The number of halogens is 14. The van der Waals surface area contributed by atoms with E-state index in [4.69, 9.17) is 109 Å². The van der Waals surface area contributed by atoms with Crippen molar-refractivity contribution in [2.45, 2.75) is 98.4 Å². The number of ether oxygens (including phenoxy) is 1. The van der Waals surface area contributed by atoms with Crippen molar-refractivity contribution in [3.63, 3.8) is 0 Å². The SMILES string of the molecule is Cc1c2c(nn1Cc1ccccc1)C(=O)N(c1cccc(Cl)c1F)CC2.Cc1ccc(Cn2nc3c(c2Cl)CCN(c2cccc(Cl)c2F)C3=O)cc1.Cc1cccc(Cn2nc3c(c2Cl)CCN(c2cccc(Cl)c2F)C3=O)c1.Cn1cc(Cn2nc3c(c2Cl)CCN(c2cccc(Cl)c2F)C3=O)cn1.O=C1c2nn(CC3CCCOC3)c(Cl)c2CCN1c1cccc(Cl)c1F.